The van der Waals surface area contributed by atoms with E-state index in [9.17, 15) is 4.79 Å². The minimum absolute atomic E-state index is 0.236. The molecule has 1 heterocycles. The van der Waals surface area contributed by atoms with E-state index in [1.807, 2.05) is 25.3 Å². The van der Waals surface area contributed by atoms with Crippen LogP contribution in [0.1, 0.15) is 31.6 Å². The zero-order valence-corrected chi connectivity index (χ0v) is 11.3. The highest BCUT2D eigenvalue weighted by Gasteiger charge is 2.19. The van der Waals surface area contributed by atoms with Gasteiger partial charge in [0.05, 0.1) is 13.2 Å². The van der Waals surface area contributed by atoms with Crippen LogP contribution in [0.15, 0.2) is 17.5 Å². The zero-order valence-electron chi connectivity index (χ0n) is 10.5. The second-order valence-corrected chi connectivity index (χ2v) is 4.76. The average molecular weight is 256 g/mol. The molecule has 1 unspecified atom stereocenters. The molecule has 0 aliphatic heterocycles. The van der Waals surface area contributed by atoms with Crippen LogP contribution < -0.4 is 0 Å². The highest BCUT2D eigenvalue weighted by molar-refractivity contribution is 7.09. The van der Waals surface area contributed by atoms with Gasteiger partial charge in [0, 0.05) is 11.3 Å². The van der Waals surface area contributed by atoms with Gasteiger partial charge in [-0.15, -0.1) is 11.3 Å². The third kappa shape index (κ3) is 5.33. The molecule has 17 heavy (non-hydrogen) atoms. The van der Waals surface area contributed by atoms with E-state index in [1.54, 1.807) is 11.3 Å². The van der Waals surface area contributed by atoms with E-state index in [0.29, 0.717) is 13.2 Å². The molecule has 0 N–H and O–H groups in total. The lowest BCUT2D eigenvalue weighted by Crippen LogP contribution is -2.27. The van der Waals surface area contributed by atoms with Crippen LogP contribution in [-0.4, -0.2) is 25.3 Å². The van der Waals surface area contributed by atoms with Gasteiger partial charge in [-0.1, -0.05) is 19.4 Å². The quantitative estimate of drug-likeness (QED) is 0.671. The molecule has 1 aromatic heterocycles. The van der Waals surface area contributed by atoms with E-state index < -0.39 is 6.10 Å². The van der Waals surface area contributed by atoms with E-state index >= 15 is 0 Å². The lowest BCUT2D eigenvalue weighted by atomic mass is 10.2. The lowest BCUT2D eigenvalue weighted by Gasteiger charge is -2.15. The maximum Gasteiger partial charge on any atom is 0.335 e. The summed E-state index contributed by atoms with van der Waals surface area (Å²) in [6, 6.07) is 4.10. The zero-order chi connectivity index (χ0) is 12.5. The monoisotopic (exact) mass is 256 g/mol. The number of thiophene rings is 1. The van der Waals surface area contributed by atoms with Gasteiger partial charge in [-0.2, -0.15) is 0 Å². The SMILES string of the molecule is CCCC(OCCc1cccs1)C(=O)OCC. The van der Waals surface area contributed by atoms with Gasteiger partial charge in [0.1, 0.15) is 0 Å². The molecule has 4 heteroatoms. The van der Waals surface area contributed by atoms with Gasteiger partial charge < -0.3 is 9.47 Å². The van der Waals surface area contributed by atoms with Gasteiger partial charge in [0.25, 0.3) is 0 Å². The largest absolute Gasteiger partial charge is 0.464 e. The first-order valence-electron chi connectivity index (χ1n) is 6.08. The molecular weight excluding hydrogens is 236 g/mol. The van der Waals surface area contributed by atoms with Crippen LogP contribution in [0.2, 0.25) is 0 Å². The third-order valence-electron chi connectivity index (χ3n) is 2.35. The third-order valence-corrected chi connectivity index (χ3v) is 3.28. The normalized spacial score (nSPS) is 12.4. The van der Waals surface area contributed by atoms with Crippen molar-refractivity contribution in [2.75, 3.05) is 13.2 Å². The fourth-order valence-corrected chi connectivity index (χ4v) is 2.21. The van der Waals surface area contributed by atoms with Crippen molar-refractivity contribution in [3.63, 3.8) is 0 Å². The van der Waals surface area contributed by atoms with Crippen LogP contribution in [-0.2, 0) is 20.7 Å². The van der Waals surface area contributed by atoms with Crippen LogP contribution in [0.25, 0.3) is 0 Å². The Labute approximate surface area is 107 Å². The molecule has 1 aromatic rings. The standard InChI is InChI=1S/C13H20O3S/c1-3-6-12(13(14)15-4-2)16-9-8-11-7-5-10-17-11/h5,7,10,12H,3-4,6,8-9H2,1-2H3. The predicted octanol–water partition coefficient (Wildman–Crippen LogP) is 3.04. The topological polar surface area (TPSA) is 35.5 Å². The summed E-state index contributed by atoms with van der Waals surface area (Å²) in [7, 11) is 0. The van der Waals surface area contributed by atoms with Crippen LogP contribution in [0.5, 0.6) is 0 Å². The summed E-state index contributed by atoms with van der Waals surface area (Å²) in [5.74, 6) is -0.236. The predicted molar refractivity (Wildman–Crippen MR) is 69.3 cm³/mol. The van der Waals surface area contributed by atoms with Gasteiger partial charge >= 0.3 is 5.97 Å². The summed E-state index contributed by atoms with van der Waals surface area (Å²) >= 11 is 1.71. The smallest absolute Gasteiger partial charge is 0.335 e. The second kappa shape index (κ2) is 8.25. The molecular formula is C13H20O3S. The molecule has 0 fully saturated rings. The molecule has 0 amide bonds. The Bertz CT molecular complexity index is 308. The second-order valence-electron chi connectivity index (χ2n) is 3.73. The van der Waals surface area contributed by atoms with Crippen molar-refractivity contribution in [3.8, 4) is 0 Å². The summed E-state index contributed by atoms with van der Waals surface area (Å²) in [5.41, 5.74) is 0. The van der Waals surface area contributed by atoms with Crippen molar-refractivity contribution in [1.29, 1.82) is 0 Å². The first-order valence-corrected chi connectivity index (χ1v) is 6.96. The summed E-state index contributed by atoms with van der Waals surface area (Å²) in [6.45, 7) is 4.83. The van der Waals surface area contributed by atoms with E-state index in [0.717, 1.165) is 19.3 Å². The maximum absolute atomic E-state index is 11.6. The number of ether oxygens (including phenoxy) is 2. The number of esters is 1. The molecule has 0 saturated carbocycles. The van der Waals surface area contributed by atoms with E-state index in [-0.39, 0.29) is 5.97 Å². The highest BCUT2D eigenvalue weighted by Crippen LogP contribution is 2.11. The number of hydrogen-bond acceptors (Lipinski definition) is 4. The van der Waals surface area contributed by atoms with Crippen molar-refractivity contribution in [2.45, 2.75) is 39.2 Å². The fourth-order valence-electron chi connectivity index (χ4n) is 1.52. The van der Waals surface area contributed by atoms with Crippen molar-refractivity contribution >= 4 is 17.3 Å². The number of rotatable bonds is 8. The molecule has 1 rings (SSSR count). The Balaban J connectivity index is 2.31. The molecule has 0 aliphatic carbocycles. The van der Waals surface area contributed by atoms with Gasteiger partial charge in [0.2, 0.25) is 0 Å². The van der Waals surface area contributed by atoms with Gasteiger partial charge in [0.15, 0.2) is 6.10 Å². The Morgan fingerprint density at radius 1 is 1.47 bits per heavy atom. The number of carbonyl (C=O) groups excluding carboxylic acids is 1. The Morgan fingerprint density at radius 3 is 2.88 bits per heavy atom. The summed E-state index contributed by atoms with van der Waals surface area (Å²) < 4.78 is 10.6. The molecule has 0 aliphatic rings. The van der Waals surface area contributed by atoms with E-state index in [4.69, 9.17) is 9.47 Å². The first kappa shape index (κ1) is 14.2. The minimum atomic E-state index is -0.403. The van der Waals surface area contributed by atoms with Gasteiger partial charge in [-0.25, -0.2) is 4.79 Å². The summed E-state index contributed by atoms with van der Waals surface area (Å²) in [6.07, 6.45) is 2.10. The molecule has 0 aromatic carbocycles. The summed E-state index contributed by atoms with van der Waals surface area (Å²) in [5, 5.41) is 2.05. The van der Waals surface area contributed by atoms with Crippen LogP contribution in [0, 0.1) is 0 Å². The van der Waals surface area contributed by atoms with Gasteiger partial charge in [-0.3, -0.25) is 0 Å². The molecule has 3 nitrogen and oxygen atoms in total. The molecule has 96 valence electrons. The molecule has 0 radical (unpaired) electrons. The van der Waals surface area contributed by atoms with E-state index in [1.165, 1.54) is 4.88 Å². The molecule has 0 spiro atoms. The van der Waals surface area contributed by atoms with Crippen molar-refractivity contribution in [2.24, 2.45) is 0 Å². The Hall–Kier alpha value is -0.870. The summed E-state index contributed by atoms with van der Waals surface area (Å²) in [4.78, 5) is 12.9. The number of carbonyl (C=O) groups is 1. The fraction of sp³-hybridized carbons (Fsp3) is 0.615. The van der Waals surface area contributed by atoms with Crippen molar-refractivity contribution in [3.05, 3.63) is 22.4 Å². The minimum Gasteiger partial charge on any atom is -0.464 e. The average Bonchev–Trinajstić information content (AvgIpc) is 2.81. The van der Waals surface area contributed by atoms with E-state index in [2.05, 4.69) is 6.07 Å². The van der Waals surface area contributed by atoms with Crippen molar-refractivity contribution < 1.29 is 14.3 Å². The van der Waals surface area contributed by atoms with Gasteiger partial charge in [-0.05, 0) is 24.8 Å². The Kier molecular flexibility index (Phi) is 6.89. The molecule has 0 saturated heterocycles. The van der Waals surface area contributed by atoms with Crippen molar-refractivity contribution in [1.82, 2.24) is 0 Å². The molecule has 0 bridgehead atoms. The molecule has 1 atom stereocenters. The highest BCUT2D eigenvalue weighted by atomic mass is 32.1. The Morgan fingerprint density at radius 2 is 2.29 bits per heavy atom. The van der Waals surface area contributed by atoms with Crippen LogP contribution >= 0.6 is 11.3 Å². The lowest BCUT2D eigenvalue weighted by molar-refractivity contribution is -0.157. The van der Waals surface area contributed by atoms with Crippen LogP contribution in [0.4, 0.5) is 0 Å². The van der Waals surface area contributed by atoms with Crippen LogP contribution in [0.3, 0.4) is 0 Å². The number of hydrogen-bond donors (Lipinski definition) is 0. The maximum atomic E-state index is 11.6. The first-order chi connectivity index (χ1) is 8.27.